The summed E-state index contributed by atoms with van der Waals surface area (Å²) in [5.74, 6) is 1.36. The third kappa shape index (κ3) is 6.69. The monoisotopic (exact) mass is 503 g/mol. The van der Waals surface area contributed by atoms with Crippen LogP contribution in [-0.2, 0) is 9.53 Å². The predicted octanol–water partition coefficient (Wildman–Crippen LogP) is 5.07. The molecule has 1 aliphatic rings. The highest BCUT2D eigenvalue weighted by molar-refractivity contribution is 7.99. The van der Waals surface area contributed by atoms with Crippen LogP contribution in [0.15, 0.2) is 47.4 Å². The molecule has 0 spiro atoms. The van der Waals surface area contributed by atoms with Crippen LogP contribution in [0.1, 0.15) is 19.3 Å². The number of carbonyl (C=O) groups is 1. The number of rotatable bonds is 11. The van der Waals surface area contributed by atoms with Crippen LogP contribution in [0.2, 0.25) is 0 Å². The molecule has 182 valence electrons. The first-order chi connectivity index (χ1) is 16.6. The number of nitrogens with zero attached hydrogens (tertiary/aromatic N) is 3. The summed E-state index contributed by atoms with van der Waals surface area (Å²) in [5, 5.41) is 0.579. The highest BCUT2D eigenvalue weighted by atomic mass is 32.2. The van der Waals surface area contributed by atoms with Gasteiger partial charge in [-0.15, -0.1) is 11.8 Å². The second-order valence-electron chi connectivity index (χ2n) is 8.06. The summed E-state index contributed by atoms with van der Waals surface area (Å²) in [6, 6.07) is 12.9. The average molecular weight is 504 g/mol. The van der Waals surface area contributed by atoms with E-state index in [1.165, 1.54) is 17.4 Å². The van der Waals surface area contributed by atoms with Crippen molar-refractivity contribution in [3.63, 3.8) is 0 Å². The molecule has 1 saturated heterocycles. The van der Waals surface area contributed by atoms with Crippen LogP contribution in [0.25, 0.3) is 10.2 Å². The molecule has 1 aromatic heterocycles. The quantitative estimate of drug-likeness (QED) is 0.269. The van der Waals surface area contributed by atoms with Gasteiger partial charge in [-0.3, -0.25) is 14.6 Å². The van der Waals surface area contributed by atoms with E-state index in [4.69, 9.17) is 9.47 Å². The number of methoxy groups -OCH3 is 1. The molecular weight excluding hydrogens is 473 g/mol. The number of carbonyl (C=O) groups excluding carboxylic acids is 1. The molecule has 6 nitrogen and oxygen atoms in total. The molecule has 2 aromatic carbocycles. The number of hydrogen-bond acceptors (Lipinski definition) is 7. The number of morpholine rings is 1. The third-order valence-corrected chi connectivity index (χ3v) is 7.86. The number of hydrogen-bond donors (Lipinski definition) is 0. The minimum absolute atomic E-state index is 0.0387. The van der Waals surface area contributed by atoms with Crippen molar-refractivity contribution in [3.05, 3.63) is 48.3 Å². The van der Waals surface area contributed by atoms with Crippen molar-refractivity contribution in [1.29, 1.82) is 0 Å². The van der Waals surface area contributed by atoms with Gasteiger partial charge < -0.3 is 9.47 Å². The Hall–Kier alpha value is -2.20. The van der Waals surface area contributed by atoms with Crippen molar-refractivity contribution in [2.24, 2.45) is 0 Å². The standard InChI is InChI=1S/C25H30FN3O3S2/c1-31-19-8-10-20(11-9-19)33-18-3-7-23(30)29(13-4-12-28-14-16-32-17-15-28)25-27-24-21(26)5-2-6-22(24)34-25/h2,5-6,8-11H,3-4,7,12-18H2,1H3. The SMILES string of the molecule is COc1ccc(SCCCC(=O)N(CCCN2CCOCC2)c2nc3c(F)cccc3s2)cc1. The lowest BCUT2D eigenvalue weighted by Gasteiger charge is -2.27. The zero-order valence-electron chi connectivity index (χ0n) is 19.4. The molecule has 3 aromatic rings. The minimum Gasteiger partial charge on any atom is -0.497 e. The number of halogens is 1. The topological polar surface area (TPSA) is 54.9 Å². The molecule has 4 rings (SSSR count). The number of fused-ring (bicyclic) bond motifs is 1. The number of para-hydroxylation sites is 1. The highest BCUT2D eigenvalue weighted by Gasteiger charge is 2.21. The first kappa shape index (κ1) is 24.9. The van der Waals surface area contributed by atoms with Crippen molar-refractivity contribution in [3.8, 4) is 5.75 Å². The number of amides is 1. The van der Waals surface area contributed by atoms with Crippen LogP contribution < -0.4 is 9.64 Å². The van der Waals surface area contributed by atoms with E-state index in [9.17, 15) is 9.18 Å². The third-order valence-electron chi connectivity index (χ3n) is 5.71. The van der Waals surface area contributed by atoms with Crippen LogP contribution >= 0.6 is 23.1 Å². The highest BCUT2D eigenvalue weighted by Crippen LogP contribution is 2.31. The Morgan fingerprint density at radius 2 is 2.00 bits per heavy atom. The van der Waals surface area contributed by atoms with Crippen molar-refractivity contribution in [2.45, 2.75) is 24.2 Å². The average Bonchev–Trinajstić information content (AvgIpc) is 3.31. The Morgan fingerprint density at radius 3 is 2.74 bits per heavy atom. The fourth-order valence-corrected chi connectivity index (χ4v) is 5.72. The molecule has 1 fully saturated rings. The lowest BCUT2D eigenvalue weighted by Crippen LogP contribution is -2.39. The van der Waals surface area contributed by atoms with Gasteiger partial charge in [0.05, 0.1) is 25.0 Å². The summed E-state index contributed by atoms with van der Waals surface area (Å²) >= 11 is 3.10. The van der Waals surface area contributed by atoms with Crippen molar-refractivity contribution >= 4 is 44.4 Å². The minimum atomic E-state index is -0.350. The molecule has 0 bridgehead atoms. The maximum absolute atomic E-state index is 14.2. The van der Waals surface area contributed by atoms with Gasteiger partial charge in [-0.1, -0.05) is 17.4 Å². The molecule has 0 saturated carbocycles. The van der Waals surface area contributed by atoms with Gasteiger partial charge in [-0.2, -0.15) is 0 Å². The van der Waals surface area contributed by atoms with Gasteiger partial charge in [0.15, 0.2) is 5.13 Å². The van der Waals surface area contributed by atoms with E-state index in [2.05, 4.69) is 9.88 Å². The second kappa shape index (κ2) is 12.5. The Morgan fingerprint density at radius 1 is 1.21 bits per heavy atom. The molecule has 0 radical (unpaired) electrons. The van der Waals surface area contributed by atoms with Crippen LogP contribution in [0, 0.1) is 5.82 Å². The molecule has 0 atom stereocenters. The number of thiazole rings is 1. The summed E-state index contributed by atoms with van der Waals surface area (Å²) in [6.45, 7) is 4.83. The van der Waals surface area contributed by atoms with E-state index in [-0.39, 0.29) is 11.7 Å². The molecule has 34 heavy (non-hydrogen) atoms. The van der Waals surface area contributed by atoms with Gasteiger partial charge in [-0.05, 0) is 55.0 Å². The first-order valence-electron chi connectivity index (χ1n) is 11.6. The second-order valence-corrected chi connectivity index (χ2v) is 10.2. The number of thioether (sulfide) groups is 1. The van der Waals surface area contributed by atoms with Crippen LogP contribution in [0.5, 0.6) is 5.75 Å². The van der Waals surface area contributed by atoms with Gasteiger partial charge in [0.25, 0.3) is 0 Å². The number of anilines is 1. The summed E-state index contributed by atoms with van der Waals surface area (Å²) in [4.78, 5) is 23.0. The van der Waals surface area contributed by atoms with E-state index in [1.54, 1.807) is 29.8 Å². The van der Waals surface area contributed by atoms with E-state index < -0.39 is 0 Å². The Labute approximate surface area is 208 Å². The van der Waals surface area contributed by atoms with Crippen molar-refractivity contribution in [1.82, 2.24) is 9.88 Å². The van der Waals surface area contributed by atoms with Crippen LogP contribution in [0.4, 0.5) is 9.52 Å². The van der Waals surface area contributed by atoms with E-state index >= 15 is 0 Å². The molecule has 0 N–H and O–H groups in total. The van der Waals surface area contributed by atoms with E-state index in [0.29, 0.717) is 23.6 Å². The van der Waals surface area contributed by atoms with Gasteiger partial charge in [-0.25, -0.2) is 9.37 Å². The zero-order chi connectivity index (χ0) is 23.8. The summed E-state index contributed by atoms with van der Waals surface area (Å²) in [7, 11) is 1.65. The van der Waals surface area contributed by atoms with Gasteiger partial charge in [0.2, 0.25) is 5.91 Å². The Bertz CT molecular complexity index is 1070. The van der Waals surface area contributed by atoms with E-state index in [1.807, 2.05) is 30.3 Å². The fraction of sp³-hybridized carbons (Fsp3) is 0.440. The predicted molar refractivity (Wildman–Crippen MR) is 137 cm³/mol. The van der Waals surface area contributed by atoms with Crippen LogP contribution in [0.3, 0.4) is 0 Å². The summed E-state index contributed by atoms with van der Waals surface area (Å²) < 4.78 is 25.6. The first-order valence-corrected chi connectivity index (χ1v) is 13.4. The van der Waals surface area contributed by atoms with Crippen LogP contribution in [-0.4, -0.2) is 68.0 Å². The lowest BCUT2D eigenvalue weighted by molar-refractivity contribution is -0.118. The van der Waals surface area contributed by atoms with Crippen molar-refractivity contribution < 1.29 is 18.7 Å². The number of benzene rings is 2. The zero-order valence-corrected chi connectivity index (χ0v) is 21.0. The normalized spacial score (nSPS) is 14.4. The Balaban J connectivity index is 1.36. The molecule has 9 heteroatoms. The number of ether oxygens (including phenoxy) is 2. The smallest absolute Gasteiger partial charge is 0.228 e. The maximum atomic E-state index is 14.2. The van der Waals surface area contributed by atoms with Crippen molar-refractivity contribution in [2.75, 3.05) is 57.2 Å². The summed E-state index contributed by atoms with van der Waals surface area (Å²) in [5.41, 5.74) is 0.337. The summed E-state index contributed by atoms with van der Waals surface area (Å²) in [6.07, 6.45) is 2.03. The van der Waals surface area contributed by atoms with Gasteiger partial charge in [0, 0.05) is 37.5 Å². The molecule has 1 aliphatic heterocycles. The molecular formula is C25H30FN3O3S2. The number of aromatic nitrogens is 1. The largest absolute Gasteiger partial charge is 0.497 e. The lowest BCUT2D eigenvalue weighted by atomic mass is 10.2. The molecule has 0 aliphatic carbocycles. The van der Waals surface area contributed by atoms with Gasteiger partial charge in [0.1, 0.15) is 17.1 Å². The molecule has 2 heterocycles. The van der Waals surface area contributed by atoms with Gasteiger partial charge >= 0.3 is 0 Å². The maximum Gasteiger partial charge on any atom is 0.228 e. The Kier molecular flexibility index (Phi) is 9.15. The molecule has 1 amide bonds. The van der Waals surface area contributed by atoms with E-state index in [0.717, 1.165) is 66.8 Å². The molecule has 0 unspecified atom stereocenters. The fourth-order valence-electron chi connectivity index (χ4n) is 3.84.